The van der Waals surface area contributed by atoms with Crippen molar-refractivity contribution in [2.45, 2.75) is 19.1 Å². The van der Waals surface area contributed by atoms with Gasteiger partial charge >= 0.3 is 6.01 Å². The van der Waals surface area contributed by atoms with Crippen molar-refractivity contribution in [2.75, 3.05) is 82.0 Å². The Morgan fingerprint density at radius 3 is 2.62 bits per heavy atom. The van der Waals surface area contributed by atoms with Crippen LogP contribution in [0.3, 0.4) is 0 Å². The number of aromatic nitrogens is 2. The molecule has 2 aromatic carbocycles. The molecule has 1 unspecified atom stereocenters. The number of phenolic OH excluding ortho intramolecular Hbond substituents is 1. The third-order valence-electron chi connectivity index (χ3n) is 8.23. The van der Waals surface area contributed by atoms with Crippen LogP contribution in [0.15, 0.2) is 49.1 Å². The fraction of sp³-hybridized carbons (Fsp3) is 0.452. The number of piperazine rings is 1. The first-order valence-corrected chi connectivity index (χ1v) is 14.6. The Hall–Kier alpha value is -3.93. The van der Waals surface area contributed by atoms with Gasteiger partial charge in [0.2, 0.25) is 5.91 Å². The maximum absolute atomic E-state index is 12.2. The van der Waals surface area contributed by atoms with E-state index in [-0.39, 0.29) is 24.3 Å². The van der Waals surface area contributed by atoms with E-state index < -0.39 is 6.10 Å². The first-order chi connectivity index (χ1) is 20.5. The summed E-state index contributed by atoms with van der Waals surface area (Å²) in [5.74, 6) is 0.985. The number of aromatic hydroxyl groups is 1. The van der Waals surface area contributed by atoms with Gasteiger partial charge in [0.25, 0.3) is 0 Å². The predicted octanol–water partition coefficient (Wildman–Crippen LogP) is 1.80. The predicted molar refractivity (Wildman–Crippen MR) is 160 cm³/mol. The standard InChI is InChI=1S/C31H38N6O5/c1-2-29(40)35-9-11-36(12-10-35)30-26-7-8-37(28-18-23(38)17-22-5-3-4-6-25(22)28)20-27(26)32-31(33-30)42-21-24(39)19-34-13-15-41-16-14-34/h2-6,17-18,24,38-39H,1,7-16,19-21H2. The summed E-state index contributed by atoms with van der Waals surface area (Å²) < 4.78 is 11.4. The quantitative estimate of drug-likeness (QED) is 0.386. The minimum Gasteiger partial charge on any atom is -0.508 e. The molecular formula is C31H38N6O5. The van der Waals surface area contributed by atoms with Crippen molar-refractivity contribution in [2.24, 2.45) is 0 Å². The highest BCUT2D eigenvalue weighted by Crippen LogP contribution is 2.36. The van der Waals surface area contributed by atoms with Crippen LogP contribution in [0, 0.1) is 0 Å². The molecular weight excluding hydrogens is 536 g/mol. The molecule has 42 heavy (non-hydrogen) atoms. The lowest BCUT2D eigenvalue weighted by atomic mass is 10.0. The Bertz CT molecular complexity index is 1440. The van der Waals surface area contributed by atoms with Crippen LogP contribution in [-0.4, -0.2) is 114 Å². The van der Waals surface area contributed by atoms with E-state index in [1.54, 1.807) is 11.0 Å². The van der Waals surface area contributed by atoms with Crippen LogP contribution in [-0.2, 0) is 22.5 Å². The zero-order chi connectivity index (χ0) is 29.1. The highest BCUT2D eigenvalue weighted by molar-refractivity contribution is 5.95. The Morgan fingerprint density at radius 2 is 1.83 bits per heavy atom. The number of aliphatic hydroxyl groups excluding tert-OH is 1. The second kappa shape index (κ2) is 12.5. The fourth-order valence-corrected chi connectivity index (χ4v) is 6.03. The SMILES string of the molecule is C=CC(=O)N1CCN(c2nc(OCC(O)CN3CCOCC3)nc3c2CCN(c2cc(O)cc4ccccc24)C3)CC1. The number of phenols is 1. The van der Waals surface area contributed by atoms with Gasteiger partial charge in [0.1, 0.15) is 24.3 Å². The first kappa shape index (κ1) is 28.2. The summed E-state index contributed by atoms with van der Waals surface area (Å²) in [6, 6.07) is 11.9. The molecule has 0 spiro atoms. The molecule has 4 heterocycles. The maximum atomic E-state index is 12.2. The third kappa shape index (κ3) is 6.13. The number of rotatable bonds is 8. The number of hydrogen-bond acceptors (Lipinski definition) is 10. The summed E-state index contributed by atoms with van der Waals surface area (Å²) in [7, 11) is 0. The van der Waals surface area contributed by atoms with Crippen molar-refractivity contribution < 1.29 is 24.5 Å². The first-order valence-electron chi connectivity index (χ1n) is 14.6. The van der Waals surface area contributed by atoms with E-state index in [2.05, 4.69) is 27.3 Å². The van der Waals surface area contributed by atoms with Crippen LogP contribution in [0.25, 0.3) is 10.8 Å². The zero-order valence-corrected chi connectivity index (χ0v) is 23.8. The number of amides is 1. The molecule has 0 saturated carbocycles. The Morgan fingerprint density at radius 1 is 1.05 bits per heavy atom. The molecule has 0 bridgehead atoms. The van der Waals surface area contributed by atoms with Gasteiger partial charge in [-0.3, -0.25) is 9.69 Å². The smallest absolute Gasteiger partial charge is 0.318 e. The van der Waals surface area contributed by atoms with Gasteiger partial charge in [0.15, 0.2) is 0 Å². The van der Waals surface area contributed by atoms with Gasteiger partial charge in [-0.15, -0.1) is 0 Å². The van der Waals surface area contributed by atoms with E-state index in [0.717, 1.165) is 59.6 Å². The molecule has 3 aliphatic rings. The minimum absolute atomic E-state index is 0.0633. The summed E-state index contributed by atoms with van der Waals surface area (Å²) in [5, 5.41) is 23.2. The van der Waals surface area contributed by atoms with Crippen molar-refractivity contribution >= 4 is 28.2 Å². The average Bonchev–Trinajstić information content (AvgIpc) is 3.03. The van der Waals surface area contributed by atoms with Gasteiger partial charge in [-0.05, 0) is 23.9 Å². The largest absolute Gasteiger partial charge is 0.508 e. The van der Waals surface area contributed by atoms with Gasteiger partial charge in [-0.25, -0.2) is 0 Å². The highest BCUT2D eigenvalue weighted by atomic mass is 16.5. The van der Waals surface area contributed by atoms with Gasteiger partial charge < -0.3 is 34.4 Å². The van der Waals surface area contributed by atoms with E-state index in [4.69, 9.17) is 19.4 Å². The second-order valence-corrected chi connectivity index (χ2v) is 11.0. The van der Waals surface area contributed by atoms with Crippen LogP contribution in [0.2, 0.25) is 0 Å². The van der Waals surface area contributed by atoms with Crippen molar-refractivity contribution in [1.82, 2.24) is 19.8 Å². The van der Waals surface area contributed by atoms with E-state index in [9.17, 15) is 15.0 Å². The summed E-state index contributed by atoms with van der Waals surface area (Å²) in [6.07, 6.45) is 1.39. The van der Waals surface area contributed by atoms with Crippen LogP contribution in [0.5, 0.6) is 11.8 Å². The van der Waals surface area contributed by atoms with Crippen LogP contribution in [0.4, 0.5) is 11.5 Å². The number of carbonyl (C=O) groups excluding carboxylic acids is 1. The molecule has 2 saturated heterocycles. The maximum Gasteiger partial charge on any atom is 0.318 e. The molecule has 6 rings (SSSR count). The number of aliphatic hydroxyl groups is 1. The summed E-state index contributed by atoms with van der Waals surface area (Å²) in [6.45, 7) is 10.8. The molecule has 0 radical (unpaired) electrons. The van der Waals surface area contributed by atoms with Gasteiger partial charge in [-0.2, -0.15) is 9.97 Å². The lowest BCUT2D eigenvalue weighted by Crippen LogP contribution is -2.49. The number of anilines is 2. The number of hydrogen-bond donors (Lipinski definition) is 2. The van der Waals surface area contributed by atoms with E-state index in [1.165, 1.54) is 6.08 Å². The molecule has 222 valence electrons. The summed E-state index contributed by atoms with van der Waals surface area (Å²) >= 11 is 0. The topological polar surface area (TPSA) is 115 Å². The second-order valence-electron chi connectivity index (χ2n) is 11.0. The third-order valence-corrected chi connectivity index (χ3v) is 8.23. The van der Waals surface area contributed by atoms with Crippen molar-refractivity contribution in [3.05, 3.63) is 60.3 Å². The molecule has 1 aromatic heterocycles. The van der Waals surface area contributed by atoms with Gasteiger partial charge in [0, 0.05) is 75.1 Å². The van der Waals surface area contributed by atoms with E-state index in [0.29, 0.717) is 52.5 Å². The summed E-state index contributed by atoms with van der Waals surface area (Å²) in [4.78, 5) is 30.2. The lowest BCUT2D eigenvalue weighted by molar-refractivity contribution is -0.126. The average molecular weight is 575 g/mol. The molecule has 1 atom stereocenters. The molecule has 2 N–H and O–H groups in total. The normalized spacial score (nSPS) is 18.5. The molecule has 3 aromatic rings. The number of nitrogens with zero attached hydrogens (tertiary/aromatic N) is 6. The Balaban J connectivity index is 1.26. The number of benzene rings is 2. The number of fused-ring (bicyclic) bond motifs is 2. The number of morpholine rings is 1. The van der Waals surface area contributed by atoms with Crippen molar-refractivity contribution in [3.63, 3.8) is 0 Å². The molecule has 0 aliphatic carbocycles. The van der Waals surface area contributed by atoms with Crippen molar-refractivity contribution in [3.8, 4) is 11.8 Å². The number of β-amino-alcohol motifs (C(OH)–C–C–N with tert-alkyl or cyclic N) is 1. The zero-order valence-electron chi connectivity index (χ0n) is 23.8. The van der Waals surface area contributed by atoms with Crippen molar-refractivity contribution in [1.29, 1.82) is 0 Å². The molecule has 1 amide bonds. The molecule has 11 heteroatoms. The number of ether oxygens (including phenoxy) is 2. The van der Waals surface area contributed by atoms with Gasteiger partial charge in [-0.1, -0.05) is 30.8 Å². The molecule has 11 nitrogen and oxygen atoms in total. The van der Waals surface area contributed by atoms with Crippen LogP contribution >= 0.6 is 0 Å². The Labute approximate surface area is 245 Å². The minimum atomic E-state index is -0.685. The lowest BCUT2D eigenvalue weighted by Gasteiger charge is -2.38. The fourth-order valence-electron chi connectivity index (χ4n) is 6.03. The van der Waals surface area contributed by atoms with E-state index in [1.807, 2.05) is 24.3 Å². The summed E-state index contributed by atoms with van der Waals surface area (Å²) in [5.41, 5.74) is 2.89. The Kier molecular flexibility index (Phi) is 8.41. The van der Waals surface area contributed by atoms with Crippen LogP contribution in [0.1, 0.15) is 11.3 Å². The monoisotopic (exact) mass is 574 g/mol. The molecule has 3 aliphatic heterocycles. The highest BCUT2D eigenvalue weighted by Gasteiger charge is 2.29. The van der Waals surface area contributed by atoms with E-state index >= 15 is 0 Å². The van der Waals surface area contributed by atoms with Crippen LogP contribution < -0.4 is 14.5 Å². The van der Waals surface area contributed by atoms with Gasteiger partial charge in [0.05, 0.1) is 25.5 Å². The number of carbonyl (C=O) groups is 1. The molecule has 2 fully saturated rings.